The van der Waals surface area contributed by atoms with Gasteiger partial charge in [-0.15, -0.1) is 0 Å². The second kappa shape index (κ2) is 33.3. The third-order valence-electron chi connectivity index (χ3n) is 11.6. The molecule has 0 aromatic heterocycles. The number of unbranched alkanes of at least 4 members (excludes halogenated alkanes) is 20. The zero-order chi connectivity index (χ0) is 40.6. The summed E-state index contributed by atoms with van der Waals surface area (Å²) in [4.78, 5) is 25.4. The molecule has 1 heterocycles. The Morgan fingerprint density at radius 1 is 0.607 bits per heavy atom. The van der Waals surface area contributed by atoms with E-state index in [1.165, 1.54) is 116 Å². The van der Waals surface area contributed by atoms with Crippen LogP contribution in [0.15, 0.2) is 12.2 Å². The Labute approximate surface area is 340 Å². The van der Waals surface area contributed by atoms with E-state index in [1.807, 2.05) is 0 Å². The monoisotopic (exact) mass is 797 g/mol. The van der Waals surface area contributed by atoms with Gasteiger partial charge >= 0.3 is 11.9 Å². The number of carbonyl (C=O) groups excluding carboxylic acids is 2. The molecule has 4 N–H and O–H groups in total. The molecular formula is C46H84O10. The number of ether oxygens (including phenoxy) is 4. The van der Waals surface area contributed by atoms with Crippen LogP contribution < -0.4 is 0 Å². The van der Waals surface area contributed by atoms with Crippen molar-refractivity contribution in [3.05, 3.63) is 12.2 Å². The van der Waals surface area contributed by atoms with Gasteiger partial charge in [0.05, 0.1) is 13.2 Å². The molecule has 10 nitrogen and oxygen atoms in total. The van der Waals surface area contributed by atoms with Gasteiger partial charge in [-0.1, -0.05) is 154 Å². The molecular weight excluding hydrogens is 712 g/mol. The van der Waals surface area contributed by atoms with Crippen LogP contribution in [0.1, 0.15) is 200 Å². The molecule has 1 aliphatic carbocycles. The number of hydrogen-bond donors (Lipinski definition) is 4. The number of rotatable bonds is 37. The van der Waals surface area contributed by atoms with E-state index in [0.717, 1.165) is 63.2 Å². The predicted molar refractivity (Wildman–Crippen MR) is 222 cm³/mol. The molecule has 1 aliphatic heterocycles. The van der Waals surface area contributed by atoms with E-state index in [-0.39, 0.29) is 32.0 Å². The summed E-state index contributed by atoms with van der Waals surface area (Å²) in [6.07, 6.45) is 29.8. The average Bonchev–Trinajstić information content (AvgIpc) is 3.95. The second-order valence-corrected chi connectivity index (χ2v) is 16.8. The minimum absolute atomic E-state index is 0.213. The maximum Gasteiger partial charge on any atom is 0.306 e. The minimum atomic E-state index is -1.59. The largest absolute Gasteiger partial charge is 0.462 e. The van der Waals surface area contributed by atoms with E-state index in [1.54, 1.807) is 0 Å². The summed E-state index contributed by atoms with van der Waals surface area (Å²) in [5.74, 6) is 1.11. The van der Waals surface area contributed by atoms with Crippen LogP contribution >= 0.6 is 0 Å². The molecule has 10 heteroatoms. The van der Waals surface area contributed by atoms with Crippen molar-refractivity contribution in [3.8, 4) is 0 Å². The number of carbonyl (C=O) groups is 2. The number of aliphatic hydroxyl groups excluding tert-OH is 4. The van der Waals surface area contributed by atoms with Crippen molar-refractivity contribution in [1.29, 1.82) is 0 Å². The maximum atomic E-state index is 12.8. The molecule has 328 valence electrons. The summed E-state index contributed by atoms with van der Waals surface area (Å²) >= 11 is 0. The highest BCUT2D eigenvalue weighted by Gasteiger charge is 2.44. The molecule has 0 aromatic carbocycles. The number of hydrogen-bond acceptors (Lipinski definition) is 10. The summed E-state index contributed by atoms with van der Waals surface area (Å²) in [7, 11) is 0. The summed E-state index contributed by atoms with van der Waals surface area (Å²) in [5, 5.41) is 40.1. The van der Waals surface area contributed by atoms with Crippen LogP contribution in [0.3, 0.4) is 0 Å². The molecule has 2 rings (SSSR count). The summed E-state index contributed by atoms with van der Waals surface area (Å²) in [6, 6.07) is 0. The Morgan fingerprint density at radius 2 is 1.09 bits per heavy atom. The molecule has 8 unspecified atom stereocenters. The molecule has 0 aromatic rings. The van der Waals surface area contributed by atoms with Gasteiger partial charge in [-0.05, 0) is 56.8 Å². The summed E-state index contributed by atoms with van der Waals surface area (Å²) < 4.78 is 22.2. The molecule has 0 amide bonds. The third kappa shape index (κ3) is 24.4. The molecule has 2 aliphatic rings. The van der Waals surface area contributed by atoms with E-state index >= 15 is 0 Å². The highest BCUT2D eigenvalue weighted by Crippen LogP contribution is 2.45. The molecule has 1 saturated heterocycles. The van der Waals surface area contributed by atoms with Crippen LogP contribution in [0.2, 0.25) is 0 Å². The fourth-order valence-electron chi connectivity index (χ4n) is 7.78. The van der Waals surface area contributed by atoms with Crippen LogP contribution in [0.4, 0.5) is 0 Å². The lowest BCUT2D eigenvalue weighted by molar-refractivity contribution is -0.305. The first kappa shape index (κ1) is 50.6. The van der Waals surface area contributed by atoms with E-state index in [9.17, 15) is 30.0 Å². The molecule has 2 fully saturated rings. The van der Waals surface area contributed by atoms with Crippen LogP contribution in [0.5, 0.6) is 0 Å². The van der Waals surface area contributed by atoms with Gasteiger partial charge in [0.15, 0.2) is 12.4 Å². The number of aliphatic hydroxyl groups is 4. The van der Waals surface area contributed by atoms with Crippen molar-refractivity contribution in [2.75, 3.05) is 19.8 Å². The average molecular weight is 797 g/mol. The van der Waals surface area contributed by atoms with Gasteiger partial charge in [-0.2, -0.15) is 0 Å². The standard InChI is InChI=1S/C46H84O10/c1-3-5-7-9-11-12-13-14-15-16-17-18-19-23-28-32-42(49)55-39(36-54-46-45(52)44(51)43(50)40(34-47)56-46)35-53-41(48)31-27-24-20-22-26-30-38-33-37(38)29-25-21-10-8-6-4-2/h14-15,37-40,43-47,50-52H,3-13,16-36H2,1-2H3. The molecule has 56 heavy (non-hydrogen) atoms. The number of allylic oxidation sites excluding steroid dienone is 2. The topological polar surface area (TPSA) is 152 Å². The van der Waals surface area contributed by atoms with Crippen LogP contribution in [0.25, 0.3) is 0 Å². The van der Waals surface area contributed by atoms with Crippen molar-refractivity contribution in [2.24, 2.45) is 11.8 Å². The Morgan fingerprint density at radius 3 is 1.62 bits per heavy atom. The summed E-state index contributed by atoms with van der Waals surface area (Å²) in [5.41, 5.74) is 0. The highest BCUT2D eigenvalue weighted by atomic mass is 16.7. The van der Waals surface area contributed by atoms with Gasteiger partial charge in [0.25, 0.3) is 0 Å². The van der Waals surface area contributed by atoms with E-state index in [2.05, 4.69) is 26.0 Å². The first-order valence-electron chi connectivity index (χ1n) is 23.2. The predicted octanol–water partition coefficient (Wildman–Crippen LogP) is 9.41. The molecule has 8 atom stereocenters. The van der Waals surface area contributed by atoms with E-state index in [4.69, 9.17) is 18.9 Å². The van der Waals surface area contributed by atoms with Crippen LogP contribution in [-0.2, 0) is 28.5 Å². The van der Waals surface area contributed by atoms with Crippen molar-refractivity contribution in [1.82, 2.24) is 0 Å². The fraction of sp³-hybridized carbons (Fsp3) is 0.913. The molecule has 0 radical (unpaired) electrons. The lowest BCUT2D eigenvalue weighted by Gasteiger charge is -2.39. The first-order valence-corrected chi connectivity index (χ1v) is 23.2. The van der Waals surface area contributed by atoms with E-state index in [0.29, 0.717) is 6.42 Å². The minimum Gasteiger partial charge on any atom is -0.462 e. The Kier molecular flexibility index (Phi) is 30.1. The van der Waals surface area contributed by atoms with Gasteiger partial charge in [0, 0.05) is 12.8 Å². The normalized spacial score (nSPS) is 24.1. The van der Waals surface area contributed by atoms with Crippen molar-refractivity contribution in [2.45, 2.75) is 237 Å². The van der Waals surface area contributed by atoms with Gasteiger partial charge < -0.3 is 39.4 Å². The van der Waals surface area contributed by atoms with Crippen LogP contribution in [0, 0.1) is 11.8 Å². The van der Waals surface area contributed by atoms with Gasteiger partial charge in [0.1, 0.15) is 31.0 Å². The zero-order valence-corrected chi connectivity index (χ0v) is 35.6. The zero-order valence-electron chi connectivity index (χ0n) is 35.6. The smallest absolute Gasteiger partial charge is 0.306 e. The Hall–Kier alpha value is -1.56. The lowest BCUT2D eigenvalue weighted by Crippen LogP contribution is -2.59. The van der Waals surface area contributed by atoms with Gasteiger partial charge in [0.2, 0.25) is 0 Å². The highest BCUT2D eigenvalue weighted by molar-refractivity contribution is 5.70. The molecule has 0 bridgehead atoms. The lowest BCUT2D eigenvalue weighted by atomic mass is 9.99. The maximum absolute atomic E-state index is 12.8. The van der Waals surface area contributed by atoms with Gasteiger partial charge in [-0.25, -0.2) is 0 Å². The quantitative estimate of drug-likeness (QED) is 0.0272. The third-order valence-corrected chi connectivity index (χ3v) is 11.6. The van der Waals surface area contributed by atoms with Crippen molar-refractivity contribution < 1.29 is 49.0 Å². The van der Waals surface area contributed by atoms with Crippen molar-refractivity contribution >= 4 is 11.9 Å². The number of esters is 2. The Bertz CT molecular complexity index is 989. The van der Waals surface area contributed by atoms with Gasteiger partial charge in [-0.3, -0.25) is 9.59 Å². The van der Waals surface area contributed by atoms with E-state index < -0.39 is 49.4 Å². The summed E-state index contributed by atoms with van der Waals surface area (Å²) in [6.45, 7) is 3.44. The SMILES string of the molecule is CCCCCCCCC=CCCCCCCCC(=O)OC(COC(=O)CCCCCCCC1CC1CCCCCCCC)COC1OC(CO)C(O)C(O)C1O. The first-order chi connectivity index (χ1) is 27.3. The van der Waals surface area contributed by atoms with Crippen molar-refractivity contribution in [3.63, 3.8) is 0 Å². The second-order valence-electron chi connectivity index (χ2n) is 16.8. The Balaban J connectivity index is 1.62. The van der Waals surface area contributed by atoms with Crippen LogP contribution in [-0.4, -0.2) is 89.0 Å². The molecule has 0 spiro atoms. The fourth-order valence-corrected chi connectivity index (χ4v) is 7.78. The molecule has 1 saturated carbocycles.